The van der Waals surface area contributed by atoms with Crippen molar-refractivity contribution in [3.8, 4) is 6.07 Å². The van der Waals surface area contributed by atoms with Gasteiger partial charge < -0.3 is 5.32 Å². The number of nitrogens with one attached hydrogen (secondary N) is 1. The van der Waals surface area contributed by atoms with E-state index < -0.39 is 11.5 Å². The number of nitriles is 1. The van der Waals surface area contributed by atoms with Crippen LogP contribution < -0.4 is 5.32 Å². The number of carbonyl (C=O) groups is 1. The summed E-state index contributed by atoms with van der Waals surface area (Å²) in [6.07, 6.45) is 15.0. The summed E-state index contributed by atoms with van der Waals surface area (Å²) in [5, 5.41) is 12.6. The van der Waals surface area contributed by atoms with Gasteiger partial charge in [-0.15, -0.1) is 0 Å². The van der Waals surface area contributed by atoms with Crippen molar-refractivity contribution >= 4 is 11.4 Å². The molecular formula is C34H41FN2O. The average molecular weight is 513 g/mol. The molecule has 0 aromatic heterocycles. The van der Waals surface area contributed by atoms with Gasteiger partial charge in [0, 0.05) is 25.1 Å². The molecule has 2 aliphatic carbocycles. The highest BCUT2D eigenvalue weighted by Crippen LogP contribution is 2.40. The molecule has 1 heterocycles. The fourth-order valence-electron chi connectivity index (χ4n) is 6.49. The zero-order valence-electron chi connectivity index (χ0n) is 23.4. The largest absolute Gasteiger partial charge is 0.389 e. The molecule has 1 fully saturated rings. The molecule has 0 spiro atoms. The van der Waals surface area contributed by atoms with Gasteiger partial charge in [-0.2, -0.15) is 5.26 Å². The number of halogens is 1. The van der Waals surface area contributed by atoms with E-state index in [2.05, 4.69) is 63.5 Å². The van der Waals surface area contributed by atoms with Crippen molar-refractivity contribution in [1.82, 2.24) is 5.32 Å². The van der Waals surface area contributed by atoms with E-state index in [1.54, 1.807) is 6.07 Å². The molecule has 1 aromatic rings. The summed E-state index contributed by atoms with van der Waals surface area (Å²) < 4.78 is 15.7. The first-order chi connectivity index (χ1) is 18.2. The van der Waals surface area contributed by atoms with E-state index in [0.29, 0.717) is 19.3 Å². The third-order valence-electron chi connectivity index (χ3n) is 8.36. The molecule has 1 aliphatic heterocycles. The summed E-state index contributed by atoms with van der Waals surface area (Å²) in [4.78, 5) is 11.9. The third kappa shape index (κ3) is 6.62. The van der Waals surface area contributed by atoms with Gasteiger partial charge in [0.25, 0.3) is 0 Å². The monoisotopic (exact) mass is 512 g/mol. The quantitative estimate of drug-likeness (QED) is 0.358. The summed E-state index contributed by atoms with van der Waals surface area (Å²) >= 11 is 0. The molecule has 1 aromatic carbocycles. The van der Waals surface area contributed by atoms with Gasteiger partial charge in [0.1, 0.15) is 11.7 Å². The van der Waals surface area contributed by atoms with Crippen LogP contribution in [0.5, 0.6) is 0 Å². The van der Waals surface area contributed by atoms with E-state index >= 15 is 4.39 Å². The number of alkyl halides is 1. The molecule has 0 radical (unpaired) electrons. The van der Waals surface area contributed by atoms with E-state index in [4.69, 9.17) is 5.26 Å². The van der Waals surface area contributed by atoms with Crippen LogP contribution in [0.25, 0.3) is 5.57 Å². The van der Waals surface area contributed by atoms with Crippen LogP contribution in [0, 0.1) is 23.2 Å². The molecule has 3 nitrogen and oxygen atoms in total. The summed E-state index contributed by atoms with van der Waals surface area (Å²) in [6, 6.07) is 9.70. The van der Waals surface area contributed by atoms with Gasteiger partial charge in [-0.1, -0.05) is 79.8 Å². The number of Topliss-reactive ketones (excluding diaryl/α,β-unsaturated/α-hetero) is 1. The van der Waals surface area contributed by atoms with E-state index in [0.717, 1.165) is 48.9 Å². The third-order valence-corrected chi connectivity index (χ3v) is 8.36. The Morgan fingerprint density at radius 3 is 2.68 bits per heavy atom. The van der Waals surface area contributed by atoms with Gasteiger partial charge in [0.2, 0.25) is 5.78 Å². The number of benzene rings is 1. The number of allylic oxidation sites excluding steroid dienone is 7. The molecule has 1 N–H and O–H groups in total. The maximum Gasteiger partial charge on any atom is 0.236 e. The van der Waals surface area contributed by atoms with E-state index in [9.17, 15) is 4.79 Å². The number of ketones is 1. The molecule has 1 saturated carbocycles. The maximum absolute atomic E-state index is 15.7. The Kier molecular flexibility index (Phi) is 8.87. The Hall–Kier alpha value is -3.19. The zero-order chi connectivity index (χ0) is 27.3. The fourth-order valence-corrected chi connectivity index (χ4v) is 6.49. The maximum atomic E-state index is 15.7. The van der Waals surface area contributed by atoms with Crippen molar-refractivity contribution in [2.24, 2.45) is 11.8 Å². The fraction of sp³-hybridized carbons (Fsp3) is 0.471. The van der Waals surface area contributed by atoms with Crippen LogP contribution in [0.2, 0.25) is 0 Å². The Bertz CT molecular complexity index is 1260. The number of hydrogen-bond acceptors (Lipinski definition) is 3. The van der Waals surface area contributed by atoms with Crippen LogP contribution in [0.15, 0.2) is 76.6 Å². The summed E-state index contributed by atoms with van der Waals surface area (Å²) in [5.41, 5.74) is 8.43. The minimum Gasteiger partial charge on any atom is -0.389 e. The van der Waals surface area contributed by atoms with Crippen LogP contribution in [0.4, 0.5) is 4.39 Å². The molecule has 0 saturated heterocycles. The lowest BCUT2D eigenvalue weighted by molar-refractivity contribution is -0.113. The lowest BCUT2D eigenvalue weighted by Crippen LogP contribution is -2.28. The molecule has 3 aliphatic rings. The SMILES string of the molecule is CC1=CCC(C)=C1C1=CNCC(/C(=C\[C@@H](C)CC2(F)CCCCC2)c2cccc(CC(=O)C#N)c2)C(C)=C1. The van der Waals surface area contributed by atoms with Gasteiger partial charge in [-0.25, -0.2) is 4.39 Å². The second-order valence-electron chi connectivity index (χ2n) is 11.6. The topological polar surface area (TPSA) is 52.9 Å². The molecule has 4 heteroatoms. The predicted octanol–water partition coefficient (Wildman–Crippen LogP) is 8.12. The predicted molar refractivity (Wildman–Crippen MR) is 154 cm³/mol. The second-order valence-corrected chi connectivity index (χ2v) is 11.6. The van der Waals surface area contributed by atoms with Gasteiger partial charge in [0.05, 0.1) is 0 Å². The first kappa shape index (κ1) is 27.8. The van der Waals surface area contributed by atoms with Gasteiger partial charge in [-0.05, 0) is 85.8 Å². The molecule has 0 bridgehead atoms. The highest BCUT2D eigenvalue weighted by atomic mass is 19.1. The normalized spacial score (nSPS) is 22.5. The molecule has 38 heavy (non-hydrogen) atoms. The van der Waals surface area contributed by atoms with Crippen molar-refractivity contribution in [3.63, 3.8) is 0 Å². The second kappa shape index (κ2) is 12.1. The minimum atomic E-state index is -1.09. The smallest absolute Gasteiger partial charge is 0.236 e. The average Bonchev–Trinajstić information content (AvgIpc) is 3.10. The highest BCUT2D eigenvalue weighted by Gasteiger charge is 2.33. The van der Waals surface area contributed by atoms with Crippen molar-refractivity contribution < 1.29 is 9.18 Å². The standard InChI is InChI=1S/C34H41FN2O/c1-23(19-34(35)13-6-5-7-14-34)15-31(28-10-8-9-27(17-28)18-30(38)20-36)32-22-37-21-29(16-26(32)4)33-24(2)11-12-25(33)3/h8-11,15-17,21,23,32,37H,5-7,12-14,18-19,22H2,1-4H3/b31-15-/t23-,32?/m1/s1. The molecule has 2 atom stereocenters. The minimum absolute atomic E-state index is 0.0749. The molecule has 0 amide bonds. The van der Waals surface area contributed by atoms with Crippen LogP contribution in [0.3, 0.4) is 0 Å². The zero-order valence-corrected chi connectivity index (χ0v) is 23.4. The van der Waals surface area contributed by atoms with Crippen LogP contribution in [-0.2, 0) is 11.2 Å². The van der Waals surface area contributed by atoms with Crippen LogP contribution in [0.1, 0.15) is 83.8 Å². The number of carbonyl (C=O) groups excluding carboxylic acids is 1. The van der Waals surface area contributed by atoms with Gasteiger partial charge >= 0.3 is 0 Å². The molecular weight excluding hydrogens is 471 g/mol. The highest BCUT2D eigenvalue weighted by molar-refractivity contribution is 5.95. The Morgan fingerprint density at radius 2 is 2.00 bits per heavy atom. The first-order valence-electron chi connectivity index (χ1n) is 14.1. The Balaban J connectivity index is 1.70. The van der Waals surface area contributed by atoms with E-state index in [1.165, 1.54) is 27.9 Å². The summed E-state index contributed by atoms with van der Waals surface area (Å²) in [6.45, 7) is 9.44. The van der Waals surface area contributed by atoms with Crippen molar-refractivity contribution in [1.29, 1.82) is 5.26 Å². The van der Waals surface area contributed by atoms with Crippen molar-refractivity contribution in [2.75, 3.05) is 6.54 Å². The number of hydrogen-bond donors (Lipinski definition) is 1. The lowest BCUT2D eigenvalue weighted by atomic mass is 9.78. The lowest BCUT2D eigenvalue weighted by Gasteiger charge is -2.32. The molecule has 1 unspecified atom stereocenters. The van der Waals surface area contributed by atoms with Gasteiger partial charge in [0.15, 0.2) is 0 Å². The number of rotatable bonds is 8. The van der Waals surface area contributed by atoms with Crippen LogP contribution >= 0.6 is 0 Å². The van der Waals surface area contributed by atoms with Crippen molar-refractivity contribution in [3.05, 3.63) is 87.7 Å². The number of nitrogens with zero attached hydrogens (tertiary/aromatic N) is 1. The van der Waals surface area contributed by atoms with Crippen LogP contribution in [-0.4, -0.2) is 18.0 Å². The molecule has 4 rings (SSSR count). The Labute approximate surface area is 227 Å². The first-order valence-corrected chi connectivity index (χ1v) is 14.1. The van der Waals surface area contributed by atoms with E-state index in [1.807, 2.05) is 18.2 Å². The van der Waals surface area contributed by atoms with Gasteiger partial charge in [-0.3, -0.25) is 4.79 Å². The molecule has 200 valence electrons. The summed E-state index contributed by atoms with van der Waals surface area (Å²) in [5.74, 6) is -0.269. The van der Waals surface area contributed by atoms with E-state index in [-0.39, 0.29) is 18.3 Å². The summed E-state index contributed by atoms with van der Waals surface area (Å²) in [7, 11) is 0. The van der Waals surface area contributed by atoms with Crippen molar-refractivity contribution in [2.45, 2.75) is 84.7 Å². The Morgan fingerprint density at radius 1 is 1.24 bits per heavy atom.